The fraction of sp³-hybridized carbons (Fsp3) is 0.214. The third kappa shape index (κ3) is 4.40. The van der Waals surface area contributed by atoms with Crippen LogP contribution < -0.4 is 10.0 Å². The van der Waals surface area contributed by atoms with Crippen molar-refractivity contribution in [2.75, 3.05) is 15.9 Å². The summed E-state index contributed by atoms with van der Waals surface area (Å²) in [6.45, 7) is 3.41. The third-order valence-electron chi connectivity index (χ3n) is 2.91. The van der Waals surface area contributed by atoms with E-state index in [1.54, 1.807) is 13.8 Å². The van der Waals surface area contributed by atoms with Crippen LogP contribution in [-0.2, 0) is 14.8 Å². The molecule has 0 saturated heterocycles. The molecule has 0 aliphatic heterocycles. The zero-order valence-electron chi connectivity index (χ0n) is 12.5. The highest BCUT2D eigenvalue weighted by Crippen LogP contribution is 2.19. The van der Waals surface area contributed by atoms with Gasteiger partial charge in [-0.05, 0) is 38.1 Å². The standard InChI is InChI=1S/C14H15ClN4O3S/c1-9-13(8-16-10(2)17-9)19-23(21,22)12-5-3-11(4-6-12)18-14(20)7-15/h3-6,8,19H,7H2,1-2H3,(H,18,20). The number of nitrogens with one attached hydrogen (secondary N) is 2. The lowest BCUT2D eigenvalue weighted by molar-refractivity contribution is -0.113. The molecule has 0 aliphatic carbocycles. The van der Waals surface area contributed by atoms with Crippen LogP contribution >= 0.6 is 11.6 Å². The minimum absolute atomic E-state index is 0.0568. The largest absolute Gasteiger partial charge is 0.325 e. The molecule has 0 bridgehead atoms. The first-order chi connectivity index (χ1) is 10.8. The number of benzene rings is 1. The van der Waals surface area contributed by atoms with Gasteiger partial charge in [-0.2, -0.15) is 0 Å². The maximum atomic E-state index is 12.4. The van der Waals surface area contributed by atoms with E-state index in [-0.39, 0.29) is 16.7 Å². The first-order valence-corrected chi connectivity index (χ1v) is 8.62. The van der Waals surface area contributed by atoms with Gasteiger partial charge >= 0.3 is 0 Å². The van der Waals surface area contributed by atoms with Crippen LogP contribution in [0.2, 0.25) is 0 Å². The number of hydrogen-bond acceptors (Lipinski definition) is 5. The lowest BCUT2D eigenvalue weighted by Crippen LogP contribution is -2.15. The van der Waals surface area contributed by atoms with Crippen molar-refractivity contribution in [1.29, 1.82) is 0 Å². The van der Waals surface area contributed by atoms with Crippen molar-refractivity contribution in [1.82, 2.24) is 9.97 Å². The molecule has 2 rings (SSSR count). The maximum absolute atomic E-state index is 12.4. The van der Waals surface area contributed by atoms with Gasteiger partial charge in [-0.15, -0.1) is 11.6 Å². The minimum atomic E-state index is -3.77. The molecule has 1 heterocycles. The van der Waals surface area contributed by atoms with Crippen LogP contribution in [0.3, 0.4) is 0 Å². The molecule has 122 valence electrons. The van der Waals surface area contributed by atoms with Gasteiger partial charge < -0.3 is 5.32 Å². The third-order valence-corrected chi connectivity index (χ3v) is 4.54. The smallest absolute Gasteiger partial charge is 0.262 e. The van der Waals surface area contributed by atoms with E-state index < -0.39 is 10.0 Å². The Morgan fingerprint density at radius 3 is 2.43 bits per heavy atom. The number of carbonyl (C=O) groups excluding carboxylic acids is 1. The quantitative estimate of drug-likeness (QED) is 0.800. The second-order valence-corrected chi connectivity index (χ2v) is 6.68. The van der Waals surface area contributed by atoms with E-state index in [1.807, 2.05) is 0 Å². The molecule has 9 heteroatoms. The molecule has 0 fully saturated rings. The first kappa shape index (κ1) is 17.2. The Morgan fingerprint density at radius 2 is 1.87 bits per heavy atom. The van der Waals surface area contributed by atoms with Crippen LogP contribution in [-0.4, -0.2) is 30.2 Å². The van der Waals surface area contributed by atoms with Crippen molar-refractivity contribution in [3.8, 4) is 0 Å². The number of hydrogen-bond donors (Lipinski definition) is 2. The number of aryl methyl sites for hydroxylation is 2. The van der Waals surface area contributed by atoms with Crippen LogP contribution in [0.4, 0.5) is 11.4 Å². The van der Waals surface area contributed by atoms with Gasteiger partial charge in [0.25, 0.3) is 10.0 Å². The van der Waals surface area contributed by atoms with Crippen LogP contribution in [0.5, 0.6) is 0 Å². The van der Waals surface area contributed by atoms with Crippen LogP contribution in [0, 0.1) is 13.8 Å². The zero-order chi connectivity index (χ0) is 17.0. The summed E-state index contributed by atoms with van der Waals surface area (Å²) >= 11 is 5.39. The molecule has 0 unspecified atom stereocenters. The molecule has 2 N–H and O–H groups in total. The summed E-state index contributed by atoms with van der Waals surface area (Å²) in [6, 6.07) is 5.74. The lowest BCUT2D eigenvalue weighted by Gasteiger charge is -2.10. The molecule has 0 saturated carbocycles. The molecular weight excluding hydrogens is 340 g/mol. The Labute approximate surface area is 139 Å². The molecule has 0 radical (unpaired) electrons. The molecule has 23 heavy (non-hydrogen) atoms. The summed E-state index contributed by atoms with van der Waals surface area (Å²) < 4.78 is 27.1. The van der Waals surface area contributed by atoms with Crippen LogP contribution in [0.25, 0.3) is 0 Å². The Hall–Kier alpha value is -2.19. The number of amides is 1. The Kier molecular flexibility index (Phi) is 5.17. The SMILES string of the molecule is Cc1ncc(NS(=O)(=O)c2ccc(NC(=O)CCl)cc2)c(C)n1. The Morgan fingerprint density at radius 1 is 1.22 bits per heavy atom. The molecule has 7 nitrogen and oxygen atoms in total. The highest BCUT2D eigenvalue weighted by molar-refractivity contribution is 7.92. The van der Waals surface area contributed by atoms with E-state index in [0.717, 1.165) is 0 Å². The number of sulfonamides is 1. The first-order valence-electron chi connectivity index (χ1n) is 6.61. The monoisotopic (exact) mass is 354 g/mol. The molecule has 0 atom stereocenters. The van der Waals surface area contributed by atoms with E-state index in [1.165, 1.54) is 30.5 Å². The zero-order valence-corrected chi connectivity index (χ0v) is 14.1. The minimum Gasteiger partial charge on any atom is -0.325 e. The average Bonchev–Trinajstić information content (AvgIpc) is 2.50. The predicted molar refractivity (Wildman–Crippen MR) is 88.1 cm³/mol. The van der Waals surface area contributed by atoms with E-state index in [0.29, 0.717) is 22.9 Å². The molecular formula is C14H15ClN4O3S. The second kappa shape index (κ2) is 6.93. The summed E-state index contributed by atoms with van der Waals surface area (Å²) in [7, 11) is -3.77. The second-order valence-electron chi connectivity index (χ2n) is 4.73. The van der Waals surface area contributed by atoms with Gasteiger partial charge in [0.2, 0.25) is 5.91 Å². The van der Waals surface area contributed by atoms with Gasteiger partial charge in [-0.25, -0.2) is 18.4 Å². The van der Waals surface area contributed by atoms with Crippen molar-refractivity contribution in [2.24, 2.45) is 0 Å². The van der Waals surface area contributed by atoms with Gasteiger partial charge in [0.1, 0.15) is 11.7 Å². The van der Waals surface area contributed by atoms with Crippen LogP contribution in [0.15, 0.2) is 35.4 Å². The number of carbonyl (C=O) groups is 1. The highest BCUT2D eigenvalue weighted by Gasteiger charge is 2.16. The van der Waals surface area contributed by atoms with E-state index in [4.69, 9.17) is 11.6 Å². The van der Waals surface area contributed by atoms with Crippen molar-refractivity contribution in [2.45, 2.75) is 18.7 Å². The van der Waals surface area contributed by atoms with Gasteiger partial charge in [0.05, 0.1) is 22.5 Å². The summed E-state index contributed by atoms with van der Waals surface area (Å²) in [5, 5.41) is 2.53. The number of halogens is 1. The lowest BCUT2D eigenvalue weighted by atomic mass is 10.3. The number of alkyl halides is 1. The van der Waals surface area contributed by atoms with Crippen LogP contribution in [0.1, 0.15) is 11.5 Å². The van der Waals surface area contributed by atoms with Crippen molar-refractivity contribution >= 4 is 38.9 Å². The van der Waals surface area contributed by atoms with Crippen molar-refractivity contribution < 1.29 is 13.2 Å². The van der Waals surface area contributed by atoms with Gasteiger partial charge in [0, 0.05) is 5.69 Å². The summed E-state index contributed by atoms with van der Waals surface area (Å²) in [6.07, 6.45) is 1.42. The Balaban J connectivity index is 2.20. The fourth-order valence-corrected chi connectivity index (χ4v) is 2.97. The predicted octanol–water partition coefficient (Wildman–Crippen LogP) is 2.07. The van der Waals surface area contributed by atoms with Crippen molar-refractivity contribution in [3.05, 3.63) is 42.0 Å². The highest BCUT2D eigenvalue weighted by atomic mass is 35.5. The maximum Gasteiger partial charge on any atom is 0.262 e. The summed E-state index contributed by atoms with van der Waals surface area (Å²) in [4.78, 5) is 19.3. The van der Waals surface area contributed by atoms with E-state index >= 15 is 0 Å². The number of rotatable bonds is 5. The van der Waals surface area contributed by atoms with Crippen molar-refractivity contribution in [3.63, 3.8) is 0 Å². The Bertz CT molecular complexity index is 822. The molecule has 1 aromatic carbocycles. The topological polar surface area (TPSA) is 101 Å². The fourth-order valence-electron chi connectivity index (χ4n) is 1.80. The summed E-state index contributed by atoms with van der Waals surface area (Å²) in [5.74, 6) is 0.0200. The number of aromatic nitrogens is 2. The van der Waals surface area contributed by atoms with Gasteiger partial charge in [-0.1, -0.05) is 0 Å². The molecule has 1 aromatic heterocycles. The average molecular weight is 355 g/mol. The molecule has 1 amide bonds. The van der Waals surface area contributed by atoms with Gasteiger partial charge in [0.15, 0.2) is 0 Å². The number of nitrogens with zero attached hydrogens (tertiary/aromatic N) is 2. The molecule has 0 spiro atoms. The van der Waals surface area contributed by atoms with E-state index in [9.17, 15) is 13.2 Å². The molecule has 2 aromatic rings. The van der Waals surface area contributed by atoms with E-state index in [2.05, 4.69) is 20.0 Å². The molecule has 0 aliphatic rings. The van der Waals surface area contributed by atoms with Gasteiger partial charge in [-0.3, -0.25) is 9.52 Å². The number of anilines is 2. The summed E-state index contributed by atoms with van der Waals surface area (Å²) in [5.41, 5.74) is 1.31. The normalized spacial score (nSPS) is 11.1.